The van der Waals surface area contributed by atoms with Gasteiger partial charge in [-0.05, 0) is 0 Å². The number of halogens is 2. The van der Waals surface area contributed by atoms with E-state index in [0.29, 0.717) is 5.88 Å². The van der Waals surface area contributed by atoms with E-state index in [0.717, 1.165) is 24.6 Å². The molecular formula is C14H23Cl2P. The molecule has 98 valence electrons. The SMILES string of the molecule is CCP(Cl)(CC)(CC)Cc1ccccc1CCl. The molecule has 0 fully saturated rings. The third-order valence-electron chi connectivity index (χ3n) is 4.20. The van der Waals surface area contributed by atoms with E-state index < -0.39 is 5.96 Å². The predicted molar refractivity (Wildman–Crippen MR) is 84.1 cm³/mol. The van der Waals surface area contributed by atoms with Gasteiger partial charge in [-0.1, -0.05) is 0 Å². The molecule has 0 radical (unpaired) electrons. The van der Waals surface area contributed by atoms with Gasteiger partial charge in [0, 0.05) is 0 Å². The Bertz CT molecular complexity index is 361. The molecule has 3 heteroatoms. The standard InChI is InChI=1S/C14H23Cl2P/c1-4-17(16,5-2,6-3)12-14-10-8-7-9-13(14)11-15/h7-10H,4-6,11-12H2,1-3H3. The zero-order valence-corrected chi connectivity index (χ0v) is 13.5. The zero-order valence-electron chi connectivity index (χ0n) is 11.0. The fourth-order valence-corrected chi connectivity index (χ4v) is 6.09. The molecule has 17 heavy (non-hydrogen) atoms. The molecule has 0 amide bonds. The van der Waals surface area contributed by atoms with E-state index in [-0.39, 0.29) is 0 Å². The van der Waals surface area contributed by atoms with Crippen LogP contribution < -0.4 is 0 Å². The predicted octanol–water partition coefficient (Wildman–Crippen LogP) is 5.69. The molecule has 0 aliphatic heterocycles. The molecule has 0 spiro atoms. The van der Waals surface area contributed by atoms with Gasteiger partial charge < -0.3 is 0 Å². The van der Waals surface area contributed by atoms with Crippen molar-refractivity contribution < 1.29 is 0 Å². The monoisotopic (exact) mass is 292 g/mol. The van der Waals surface area contributed by atoms with Gasteiger partial charge in [0.15, 0.2) is 0 Å². The average Bonchev–Trinajstić information content (AvgIpc) is 2.39. The van der Waals surface area contributed by atoms with Crippen molar-refractivity contribution in [3.05, 3.63) is 35.4 Å². The Morgan fingerprint density at radius 3 is 1.82 bits per heavy atom. The second-order valence-corrected chi connectivity index (χ2v) is 13.8. The number of benzene rings is 1. The molecule has 0 bridgehead atoms. The van der Waals surface area contributed by atoms with Gasteiger partial charge in [0.2, 0.25) is 0 Å². The molecule has 1 aromatic carbocycles. The minimum absolute atomic E-state index is 0.580. The Morgan fingerprint density at radius 1 is 0.941 bits per heavy atom. The molecule has 0 N–H and O–H groups in total. The first-order valence-corrected chi connectivity index (χ1v) is 10.8. The quantitative estimate of drug-likeness (QED) is 0.466. The van der Waals surface area contributed by atoms with Crippen LogP contribution in [0.3, 0.4) is 0 Å². The van der Waals surface area contributed by atoms with Crippen LogP contribution in [-0.4, -0.2) is 18.5 Å². The van der Waals surface area contributed by atoms with Gasteiger partial charge in [0.25, 0.3) is 0 Å². The summed E-state index contributed by atoms with van der Waals surface area (Å²) in [5.41, 5.74) is 2.58. The van der Waals surface area contributed by atoms with Crippen LogP contribution in [0.4, 0.5) is 0 Å². The summed E-state index contributed by atoms with van der Waals surface area (Å²) in [4.78, 5) is 0. The number of rotatable bonds is 6. The molecule has 0 aliphatic rings. The Labute approximate surface area is 115 Å². The molecule has 0 aliphatic carbocycles. The van der Waals surface area contributed by atoms with Gasteiger partial charge in [-0.2, -0.15) is 0 Å². The van der Waals surface area contributed by atoms with E-state index in [2.05, 4.69) is 39.0 Å². The normalized spacial score (nSPS) is 14.3. The summed E-state index contributed by atoms with van der Waals surface area (Å²) in [6.45, 7) is 6.71. The summed E-state index contributed by atoms with van der Waals surface area (Å²) in [5, 5.41) is 0. The molecule has 0 heterocycles. The van der Waals surface area contributed by atoms with E-state index in [9.17, 15) is 0 Å². The summed E-state index contributed by atoms with van der Waals surface area (Å²) < 4.78 is 0. The fourth-order valence-electron chi connectivity index (χ4n) is 2.27. The number of hydrogen-bond donors (Lipinski definition) is 0. The van der Waals surface area contributed by atoms with Crippen LogP contribution in [0.25, 0.3) is 0 Å². The van der Waals surface area contributed by atoms with Crippen LogP contribution in [0, 0.1) is 0 Å². The van der Waals surface area contributed by atoms with Crippen LogP contribution in [0.2, 0.25) is 0 Å². The zero-order chi connectivity index (χ0) is 13.0. The molecule has 0 saturated heterocycles. The first-order valence-electron chi connectivity index (χ1n) is 6.36. The summed E-state index contributed by atoms with van der Waals surface area (Å²) in [6.07, 6.45) is 4.35. The van der Waals surface area contributed by atoms with Crippen molar-refractivity contribution in [2.24, 2.45) is 0 Å². The molecule has 1 rings (SSSR count). The third-order valence-corrected chi connectivity index (χ3v) is 12.9. The van der Waals surface area contributed by atoms with Gasteiger partial charge in [-0.3, -0.25) is 0 Å². The second kappa shape index (κ2) is 5.91. The Morgan fingerprint density at radius 2 is 1.41 bits per heavy atom. The molecule has 0 nitrogen and oxygen atoms in total. The van der Waals surface area contributed by atoms with Crippen molar-refractivity contribution in [1.82, 2.24) is 0 Å². The van der Waals surface area contributed by atoms with E-state index in [4.69, 9.17) is 22.8 Å². The first-order chi connectivity index (χ1) is 8.01. The van der Waals surface area contributed by atoms with Crippen LogP contribution in [0.5, 0.6) is 0 Å². The molecule has 0 unspecified atom stereocenters. The maximum atomic E-state index is 7.10. The van der Waals surface area contributed by atoms with Crippen molar-refractivity contribution in [3.63, 3.8) is 0 Å². The molecule has 0 saturated carbocycles. The number of alkyl halides is 1. The topological polar surface area (TPSA) is 0 Å². The summed E-state index contributed by atoms with van der Waals surface area (Å²) in [5.74, 6) is -1.49. The van der Waals surface area contributed by atoms with Crippen molar-refractivity contribution in [2.75, 3.05) is 18.5 Å². The van der Waals surface area contributed by atoms with Crippen molar-refractivity contribution in [1.29, 1.82) is 0 Å². The van der Waals surface area contributed by atoms with Gasteiger partial charge in [-0.25, -0.2) is 0 Å². The van der Waals surface area contributed by atoms with E-state index in [1.54, 1.807) is 0 Å². The van der Waals surface area contributed by atoms with E-state index >= 15 is 0 Å². The minimum atomic E-state index is -2.07. The summed E-state index contributed by atoms with van der Waals surface area (Å²) in [6, 6.07) is 8.43. The van der Waals surface area contributed by atoms with Gasteiger partial charge in [0.1, 0.15) is 0 Å². The maximum absolute atomic E-state index is 7.10. The molecule has 0 atom stereocenters. The van der Waals surface area contributed by atoms with E-state index in [1.807, 2.05) is 6.07 Å². The summed E-state index contributed by atoms with van der Waals surface area (Å²) in [7, 11) is 0. The van der Waals surface area contributed by atoms with Crippen LogP contribution in [0.1, 0.15) is 31.9 Å². The first kappa shape index (κ1) is 15.3. The average molecular weight is 293 g/mol. The van der Waals surface area contributed by atoms with Gasteiger partial charge in [0.05, 0.1) is 0 Å². The van der Waals surface area contributed by atoms with Crippen molar-refractivity contribution in [3.8, 4) is 0 Å². The molecular weight excluding hydrogens is 270 g/mol. The summed E-state index contributed by atoms with van der Waals surface area (Å²) >= 11 is 13.1. The van der Waals surface area contributed by atoms with Gasteiger partial charge in [-0.15, -0.1) is 0 Å². The van der Waals surface area contributed by atoms with Gasteiger partial charge >= 0.3 is 115 Å². The third kappa shape index (κ3) is 3.37. The van der Waals surface area contributed by atoms with Crippen molar-refractivity contribution in [2.45, 2.75) is 32.8 Å². The van der Waals surface area contributed by atoms with Crippen LogP contribution >= 0.6 is 28.8 Å². The number of hydrogen-bond acceptors (Lipinski definition) is 0. The van der Waals surface area contributed by atoms with Crippen LogP contribution in [0.15, 0.2) is 24.3 Å². The molecule has 1 aromatic rings. The van der Waals surface area contributed by atoms with Crippen LogP contribution in [-0.2, 0) is 12.0 Å². The second-order valence-electron chi connectivity index (χ2n) is 4.83. The Balaban J connectivity index is 3.10. The Hall–Kier alpha value is 0.230. The van der Waals surface area contributed by atoms with Crippen molar-refractivity contribution >= 4 is 28.8 Å². The Kier molecular flexibility index (Phi) is 5.32. The van der Waals surface area contributed by atoms with E-state index in [1.165, 1.54) is 11.1 Å². The fraction of sp³-hybridized carbons (Fsp3) is 0.571. The molecule has 0 aromatic heterocycles.